The highest BCUT2D eigenvalue weighted by atomic mass is 19.4. The van der Waals surface area contributed by atoms with Gasteiger partial charge in [-0.05, 0) is 67.6 Å². The van der Waals surface area contributed by atoms with E-state index in [9.17, 15) is 22.8 Å². The van der Waals surface area contributed by atoms with Crippen molar-refractivity contribution in [3.8, 4) is 17.2 Å². The third kappa shape index (κ3) is 5.96. The van der Waals surface area contributed by atoms with Crippen LogP contribution in [0.3, 0.4) is 0 Å². The van der Waals surface area contributed by atoms with Gasteiger partial charge in [0.05, 0.1) is 24.4 Å². The van der Waals surface area contributed by atoms with Crippen molar-refractivity contribution in [2.24, 2.45) is 0 Å². The fourth-order valence-electron chi connectivity index (χ4n) is 3.32. The Bertz CT molecular complexity index is 1410. The molecule has 0 bridgehead atoms. The minimum Gasteiger partial charge on any atom is -0.494 e. The molecular formula is C26H21F3N2O5. The van der Waals surface area contributed by atoms with Gasteiger partial charge < -0.3 is 23.8 Å². The Morgan fingerprint density at radius 1 is 1.00 bits per heavy atom. The molecule has 2 aromatic carbocycles. The second-order valence-electron chi connectivity index (χ2n) is 7.60. The number of carbonyl (C=O) groups is 1. The van der Waals surface area contributed by atoms with E-state index in [-0.39, 0.29) is 29.3 Å². The number of halogens is 3. The summed E-state index contributed by atoms with van der Waals surface area (Å²) in [5.74, 6) is 0.349. The lowest BCUT2D eigenvalue weighted by Gasteiger charge is -2.15. The number of rotatable bonds is 8. The fourth-order valence-corrected chi connectivity index (χ4v) is 3.32. The van der Waals surface area contributed by atoms with Crippen LogP contribution in [0.5, 0.6) is 17.2 Å². The average Bonchev–Trinajstić information content (AvgIpc) is 3.31. The van der Waals surface area contributed by atoms with E-state index in [0.29, 0.717) is 23.9 Å². The van der Waals surface area contributed by atoms with Gasteiger partial charge in [0.25, 0.3) is 11.5 Å². The van der Waals surface area contributed by atoms with Crippen LogP contribution in [0.2, 0.25) is 0 Å². The average molecular weight is 498 g/mol. The van der Waals surface area contributed by atoms with Gasteiger partial charge in [0.15, 0.2) is 11.5 Å². The van der Waals surface area contributed by atoms with Crippen LogP contribution in [0.1, 0.15) is 28.8 Å². The first-order valence-corrected chi connectivity index (χ1v) is 10.9. The minimum atomic E-state index is -4.63. The molecule has 0 unspecified atom stereocenters. The number of amides is 1. The molecule has 0 aliphatic rings. The smallest absolute Gasteiger partial charge is 0.416 e. The molecular weight excluding hydrogens is 477 g/mol. The van der Waals surface area contributed by atoms with E-state index in [1.807, 2.05) is 6.92 Å². The molecule has 36 heavy (non-hydrogen) atoms. The molecule has 4 aromatic rings. The zero-order chi connectivity index (χ0) is 25.7. The SMILES string of the molecule is CCOc1ccc(Oc2ccc(C(F)(F)F)cc2NC(=O)c2ccc(Cn3ccccc3=O)o2)cc1. The van der Waals surface area contributed by atoms with Crippen LogP contribution in [-0.4, -0.2) is 17.1 Å². The van der Waals surface area contributed by atoms with Crippen molar-refractivity contribution in [2.75, 3.05) is 11.9 Å². The van der Waals surface area contributed by atoms with E-state index < -0.39 is 17.6 Å². The van der Waals surface area contributed by atoms with Crippen molar-refractivity contribution >= 4 is 11.6 Å². The molecule has 0 fully saturated rings. The van der Waals surface area contributed by atoms with Crippen molar-refractivity contribution in [2.45, 2.75) is 19.6 Å². The number of nitrogens with zero attached hydrogens (tertiary/aromatic N) is 1. The molecule has 1 N–H and O–H groups in total. The van der Waals surface area contributed by atoms with Gasteiger partial charge in [-0.2, -0.15) is 13.2 Å². The van der Waals surface area contributed by atoms with Gasteiger partial charge in [-0.15, -0.1) is 0 Å². The van der Waals surface area contributed by atoms with Gasteiger partial charge in [-0.25, -0.2) is 0 Å². The zero-order valence-corrected chi connectivity index (χ0v) is 19.0. The monoisotopic (exact) mass is 498 g/mol. The summed E-state index contributed by atoms with van der Waals surface area (Å²) in [5.41, 5.74) is -1.40. The van der Waals surface area contributed by atoms with Crippen LogP contribution >= 0.6 is 0 Å². The topological polar surface area (TPSA) is 82.7 Å². The summed E-state index contributed by atoms with van der Waals surface area (Å²) >= 11 is 0. The summed E-state index contributed by atoms with van der Waals surface area (Å²) < 4.78 is 58.0. The Hall–Kier alpha value is -4.47. The third-order valence-electron chi connectivity index (χ3n) is 5.03. The van der Waals surface area contributed by atoms with E-state index in [4.69, 9.17) is 13.9 Å². The lowest BCUT2D eigenvalue weighted by Crippen LogP contribution is -2.18. The summed E-state index contributed by atoms with van der Waals surface area (Å²) in [6, 6.07) is 16.8. The molecule has 2 aromatic heterocycles. The Morgan fingerprint density at radius 3 is 2.44 bits per heavy atom. The third-order valence-corrected chi connectivity index (χ3v) is 5.03. The standard InChI is InChI=1S/C26H21F3N2O5/c1-2-34-18-7-9-19(10-8-18)35-22-12-6-17(26(27,28)29)15-21(22)30-25(33)23-13-11-20(36-23)16-31-14-4-3-5-24(31)32/h3-15H,2,16H2,1H3,(H,30,33). The molecule has 7 nitrogen and oxygen atoms in total. The number of hydrogen-bond acceptors (Lipinski definition) is 5. The molecule has 0 saturated heterocycles. The molecule has 186 valence electrons. The Balaban J connectivity index is 1.56. The normalized spacial score (nSPS) is 11.2. The molecule has 1 amide bonds. The van der Waals surface area contributed by atoms with E-state index in [1.54, 1.807) is 42.6 Å². The van der Waals surface area contributed by atoms with Gasteiger partial charge in [-0.3, -0.25) is 9.59 Å². The van der Waals surface area contributed by atoms with E-state index in [0.717, 1.165) is 18.2 Å². The first-order valence-electron chi connectivity index (χ1n) is 10.9. The number of hydrogen-bond donors (Lipinski definition) is 1. The highest BCUT2D eigenvalue weighted by molar-refractivity contribution is 6.03. The molecule has 10 heteroatoms. The van der Waals surface area contributed by atoms with Crippen LogP contribution in [0.4, 0.5) is 18.9 Å². The lowest BCUT2D eigenvalue weighted by atomic mass is 10.1. The summed E-state index contributed by atoms with van der Waals surface area (Å²) in [5, 5.41) is 2.43. The first kappa shape index (κ1) is 24.6. The molecule has 0 atom stereocenters. The number of nitrogens with one attached hydrogen (secondary N) is 1. The summed E-state index contributed by atoms with van der Waals surface area (Å²) in [6.45, 7) is 2.40. The van der Waals surface area contributed by atoms with Crippen LogP contribution < -0.4 is 20.3 Å². The second kappa shape index (κ2) is 10.4. The molecule has 4 rings (SSSR count). The maximum absolute atomic E-state index is 13.3. The number of alkyl halides is 3. The Morgan fingerprint density at radius 2 is 1.75 bits per heavy atom. The molecule has 0 spiro atoms. The number of ether oxygens (including phenoxy) is 2. The molecule has 2 heterocycles. The minimum absolute atomic E-state index is 0.00290. The molecule has 0 radical (unpaired) electrons. The van der Waals surface area contributed by atoms with Crippen molar-refractivity contribution < 1.29 is 31.9 Å². The van der Waals surface area contributed by atoms with Gasteiger partial charge in [0, 0.05) is 12.3 Å². The maximum atomic E-state index is 13.3. The van der Waals surface area contributed by atoms with Gasteiger partial charge >= 0.3 is 6.18 Å². The van der Waals surface area contributed by atoms with Gasteiger partial charge in [0.2, 0.25) is 0 Å². The lowest BCUT2D eigenvalue weighted by molar-refractivity contribution is -0.137. The number of furan rings is 1. The fraction of sp³-hybridized carbons (Fsp3) is 0.154. The van der Waals surface area contributed by atoms with Crippen LogP contribution in [0.15, 0.2) is 88.2 Å². The maximum Gasteiger partial charge on any atom is 0.416 e. The summed E-state index contributed by atoms with van der Waals surface area (Å²) in [6.07, 6.45) is -3.06. The van der Waals surface area contributed by atoms with E-state index in [2.05, 4.69) is 5.32 Å². The number of carbonyl (C=O) groups excluding carboxylic acids is 1. The zero-order valence-electron chi connectivity index (χ0n) is 19.0. The number of pyridine rings is 1. The van der Waals surface area contributed by atoms with Gasteiger partial charge in [0.1, 0.15) is 17.3 Å². The van der Waals surface area contributed by atoms with Crippen LogP contribution in [0.25, 0.3) is 0 Å². The van der Waals surface area contributed by atoms with Crippen molar-refractivity contribution in [3.05, 3.63) is 106 Å². The van der Waals surface area contributed by atoms with Crippen molar-refractivity contribution in [1.29, 1.82) is 0 Å². The summed E-state index contributed by atoms with van der Waals surface area (Å²) in [7, 11) is 0. The number of aromatic nitrogens is 1. The molecule has 0 saturated carbocycles. The summed E-state index contributed by atoms with van der Waals surface area (Å²) in [4.78, 5) is 24.7. The quantitative estimate of drug-likeness (QED) is 0.325. The first-order chi connectivity index (χ1) is 17.2. The predicted octanol–water partition coefficient (Wildman–Crippen LogP) is 5.95. The van der Waals surface area contributed by atoms with Crippen LogP contribution in [0, 0.1) is 0 Å². The highest BCUT2D eigenvalue weighted by Crippen LogP contribution is 2.37. The van der Waals surface area contributed by atoms with E-state index >= 15 is 0 Å². The van der Waals surface area contributed by atoms with Crippen molar-refractivity contribution in [3.63, 3.8) is 0 Å². The number of anilines is 1. The Labute approximate surface area is 203 Å². The van der Waals surface area contributed by atoms with Crippen LogP contribution in [-0.2, 0) is 12.7 Å². The Kier molecular flexibility index (Phi) is 7.14. The number of benzene rings is 2. The second-order valence-corrected chi connectivity index (χ2v) is 7.60. The largest absolute Gasteiger partial charge is 0.494 e. The van der Waals surface area contributed by atoms with E-state index in [1.165, 1.54) is 22.8 Å². The van der Waals surface area contributed by atoms with Crippen molar-refractivity contribution in [1.82, 2.24) is 4.57 Å². The predicted molar refractivity (Wildman–Crippen MR) is 126 cm³/mol. The molecule has 0 aliphatic carbocycles. The highest BCUT2D eigenvalue weighted by Gasteiger charge is 2.31. The van der Waals surface area contributed by atoms with Gasteiger partial charge in [-0.1, -0.05) is 6.07 Å². The molecule has 0 aliphatic heterocycles.